The third-order valence-electron chi connectivity index (χ3n) is 3.86. The van der Waals surface area contributed by atoms with Crippen LogP contribution in [0.2, 0.25) is 0 Å². The summed E-state index contributed by atoms with van der Waals surface area (Å²) in [6.07, 6.45) is 0.952. The number of rotatable bonds is 5. The van der Waals surface area contributed by atoms with E-state index in [1.54, 1.807) is 24.3 Å². The van der Waals surface area contributed by atoms with E-state index in [-0.39, 0.29) is 23.2 Å². The molecule has 10 heteroatoms. The Morgan fingerprint density at radius 1 is 1.18 bits per heavy atom. The number of hydrogen-bond acceptors (Lipinski definition) is 7. The number of anilines is 4. The van der Waals surface area contributed by atoms with E-state index < -0.39 is 17.4 Å². The van der Waals surface area contributed by atoms with Crippen LogP contribution in [0.4, 0.5) is 31.9 Å². The Hall–Kier alpha value is -3.95. The molecule has 0 radical (unpaired) electrons. The van der Waals surface area contributed by atoms with E-state index in [0.29, 0.717) is 16.8 Å². The minimum atomic E-state index is -0.711. The molecule has 0 bridgehead atoms. The Morgan fingerprint density at radius 3 is 2.86 bits per heavy atom. The van der Waals surface area contributed by atoms with E-state index in [4.69, 9.17) is 9.15 Å². The summed E-state index contributed by atoms with van der Waals surface area (Å²) in [4.78, 5) is 21.6. The average Bonchev–Trinajstić information content (AvgIpc) is 3.05. The molecule has 0 aliphatic heterocycles. The SMILES string of the molecule is COc1cccc(Nc2ncc(F)c(Nc3ccc4oc(=O)[nH]c4c3)n2)c1F. The first-order valence-electron chi connectivity index (χ1n) is 8.05. The zero-order chi connectivity index (χ0) is 19.7. The number of oxazole rings is 1. The number of H-pyrrole nitrogens is 1. The molecule has 0 saturated heterocycles. The maximum absolute atomic E-state index is 14.3. The number of methoxy groups -OCH3 is 1. The number of hydrogen-bond donors (Lipinski definition) is 3. The molecule has 0 fully saturated rings. The zero-order valence-electron chi connectivity index (χ0n) is 14.4. The Labute approximate surface area is 156 Å². The fraction of sp³-hybridized carbons (Fsp3) is 0.0556. The highest BCUT2D eigenvalue weighted by Crippen LogP contribution is 2.27. The van der Waals surface area contributed by atoms with Gasteiger partial charge in [0.25, 0.3) is 0 Å². The average molecular weight is 385 g/mol. The van der Waals surface area contributed by atoms with Crippen molar-refractivity contribution in [1.82, 2.24) is 15.0 Å². The molecule has 0 atom stereocenters. The summed E-state index contributed by atoms with van der Waals surface area (Å²) in [6, 6.07) is 9.25. The first kappa shape index (κ1) is 17.5. The fourth-order valence-corrected chi connectivity index (χ4v) is 2.57. The summed E-state index contributed by atoms with van der Waals surface area (Å²) in [5, 5.41) is 5.48. The van der Waals surface area contributed by atoms with Crippen molar-refractivity contribution in [2.45, 2.75) is 0 Å². The van der Waals surface area contributed by atoms with Gasteiger partial charge in [0.2, 0.25) is 5.95 Å². The number of ether oxygens (including phenoxy) is 1. The predicted molar refractivity (Wildman–Crippen MR) is 98.3 cm³/mol. The number of benzene rings is 2. The highest BCUT2D eigenvalue weighted by Gasteiger charge is 2.12. The van der Waals surface area contributed by atoms with Crippen molar-refractivity contribution < 1.29 is 17.9 Å². The molecule has 2 aromatic carbocycles. The van der Waals surface area contributed by atoms with Gasteiger partial charge in [0.1, 0.15) is 0 Å². The van der Waals surface area contributed by atoms with Gasteiger partial charge in [-0.2, -0.15) is 4.98 Å². The lowest BCUT2D eigenvalue weighted by Crippen LogP contribution is -2.04. The first-order chi connectivity index (χ1) is 13.5. The van der Waals surface area contributed by atoms with Crippen molar-refractivity contribution in [2.75, 3.05) is 17.7 Å². The van der Waals surface area contributed by atoms with E-state index in [0.717, 1.165) is 6.20 Å². The van der Waals surface area contributed by atoms with Crippen LogP contribution in [0.15, 0.2) is 51.8 Å². The van der Waals surface area contributed by atoms with E-state index in [9.17, 15) is 13.6 Å². The second-order valence-electron chi connectivity index (χ2n) is 5.69. The van der Waals surface area contributed by atoms with Crippen molar-refractivity contribution in [3.05, 3.63) is 64.8 Å². The summed E-state index contributed by atoms with van der Waals surface area (Å²) in [5.74, 6) is -2.03. The molecule has 0 saturated carbocycles. The van der Waals surface area contributed by atoms with Crippen LogP contribution >= 0.6 is 0 Å². The summed E-state index contributed by atoms with van der Waals surface area (Å²) in [7, 11) is 1.35. The van der Waals surface area contributed by atoms with Crippen molar-refractivity contribution in [1.29, 1.82) is 0 Å². The van der Waals surface area contributed by atoms with Gasteiger partial charge in [-0.1, -0.05) is 6.07 Å². The second kappa shape index (κ2) is 6.99. The lowest BCUT2D eigenvalue weighted by Gasteiger charge is -2.11. The van der Waals surface area contributed by atoms with Gasteiger partial charge >= 0.3 is 5.76 Å². The molecule has 142 valence electrons. The number of nitrogens with one attached hydrogen (secondary N) is 3. The van der Waals surface area contributed by atoms with Crippen molar-refractivity contribution in [2.24, 2.45) is 0 Å². The summed E-state index contributed by atoms with van der Waals surface area (Å²) >= 11 is 0. The summed E-state index contributed by atoms with van der Waals surface area (Å²) < 4.78 is 38.2. The number of nitrogens with zero attached hydrogens (tertiary/aromatic N) is 2. The molecule has 2 heterocycles. The van der Waals surface area contributed by atoms with Crippen LogP contribution in [-0.2, 0) is 0 Å². The molecule has 0 amide bonds. The van der Waals surface area contributed by atoms with Crippen LogP contribution in [0.3, 0.4) is 0 Å². The minimum absolute atomic E-state index is 0.0196. The number of halogens is 2. The van der Waals surface area contributed by atoms with Crippen molar-refractivity contribution in [3.63, 3.8) is 0 Å². The quantitative estimate of drug-likeness (QED) is 0.481. The van der Waals surface area contributed by atoms with E-state index in [2.05, 4.69) is 25.6 Å². The fourth-order valence-electron chi connectivity index (χ4n) is 2.57. The summed E-state index contributed by atoms with van der Waals surface area (Å²) in [6.45, 7) is 0. The standard InChI is InChI=1S/C18H13F2N5O3/c1-27-14-4-2-3-11(15(14)20)23-17-21-8-10(19)16(25-17)22-9-5-6-13-12(7-9)24-18(26)28-13/h2-8H,1H3,(H,24,26)(H2,21,22,23,25). The number of fused-ring (bicyclic) bond motifs is 1. The van der Waals surface area contributed by atoms with E-state index in [1.165, 1.54) is 19.2 Å². The van der Waals surface area contributed by atoms with Gasteiger partial charge in [0, 0.05) is 5.69 Å². The van der Waals surface area contributed by atoms with E-state index in [1.807, 2.05) is 0 Å². The third-order valence-corrected chi connectivity index (χ3v) is 3.86. The maximum atomic E-state index is 14.3. The van der Waals surface area contributed by atoms with Gasteiger partial charge in [-0.05, 0) is 30.3 Å². The van der Waals surface area contributed by atoms with Gasteiger partial charge in [-0.25, -0.2) is 18.6 Å². The third kappa shape index (κ3) is 3.34. The Bertz CT molecular complexity index is 1220. The zero-order valence-corrected chi connectivity index (χ0v) is 14.4. The number of aromatic amines is 1. The van der Waals surface area contributed by atoms with Gasteiger partial charge in [-0.15, -0.1) is 0 Å². The second-order valence-corrected chi connectivity index (χ2v) is 5.69. The Balaban J connectivity index is 1.62. The molecule has 3 N–H and O–H groups in total. The van der Waals surface area contributed by atoms with E-state index >= 15 is 0 Å². The smallest absolute Gasteiger partial charge is 0.417 e. The molecule has 8 nitrogen and oxygen atoms in total. The molecular weight excluding hydrogens is 372 g/mol. The van der Waals surface area contributed by atoms with Crippen LogP contribution in [0.25, 0.3) is 11.1 Å². The van der Waals surface area contributed by atoms with Gasteiger partial charge in [0.15, 0.2) is 28.8 Å². The Morgan fingerprint density at radius 2 is 2.04 bits per heavy atom. The van der Waals surface area contributed by atoms with Gasteiger partial charge < -0.3 is 19.8 Å². The van der Waals surface area contributed by atoms with Crippen LogP contribution in [0.1, 0.15) is 0 Å². The van der Waals surface area contributed by atoms with Crippen LogP contribution < -0.4 is 21.1 Å². The Kier molecular flexibility index (Phi) is 4.36. The highest BCUT2D eigenvalue weighted by atomic mass is 19.1. The predicted octanol–water partition coefficient (Wildman–Crippen LogP) is 3.69. The lowest BCUT2D eigenvalue weighted by atomic mass is 10.3. The lowest BCUT2D eigenvalue weighted by molar-refractivity contribution is 0.387. The van der Waals surface area contributed by atoms with Gasteiger partial charge in [0.05, 0.1) is 24.5 Å². The molecule has 0 aliphatic carbocycles. The van der Waals surface area contributed by atoms with Crippen LogP contribution in [0, 0.1) is 11.6 Å². The molecular formula is C18H13F2N5O3. The van der Waals surface area contributed by atoms with Crippen LogP contribution in [0.5, 0.6) is 5.75 Å². The van der Waals surface area contributed by atoms with Crippen molar-refractivity contribution in [3.8, 4) is 5.75 Å². The molecule has 2 aromatic heterocycles. The largest absolute Gasteiger partial charge is 0.494 e. The summed E-state index contributed by atoms with van der Waals surface area (Å²) in [5.41, 5.74) is 1.35. The minimum Gasteiger partial charge on any atom is -0.494 e. The molecule has 0 unspecified atom stereocenters. The molecule has 0 aliphatic rings. The normalized spacial score (nSPS) is 10.8. The van der Waals surface area contributed by atoms with Crippen LogP contribution in [-0.4, -0.2) is 22.1 Å². The molecule has 0 spiro atoms. The highest BCUT2D eigenvalue weighted by molar-refractivity contribution is 5.78. The molecule has 4 aromatic rings. The monoisotopic (exact) mass is 385 g/mol. The topological polar surface area (TPSA) is 105 Å². The molecule has 28 heavy (non-hydrogen) atoms. The maximum Gasteiger partial charge on any atom is 0.417 e. The number of aromatic nitrogens is 3. The first-order valence-corrected chi connectivity index (χ1v) is 8.05. The van der Waals surface area contributed by atoms with Gasteiger partial charge in [-0.3, -0.25) is 4.98 Å². The van der Waals surface area contributed by atoms with Crippen molar-refractivity contribution >= 4 is 34.2 Å². The molecule has 4 rings (SSSR count).